The van der Waals surface area contributed by atoms with Crippen LogP contribution in [0.3, 0.4) is 0 Å². The summed E-state index contributed by atoms with van der Waals surface area (Å²) in [6.07, 6.45) is 3.40. The van der Waals surface area contributed by atoms with Crippen molar-refractivity contribution in [3.63, 3.8) is 0 Å². The van der Waals surface area contributed by atoms with Crippen LogP contribution in [-0.2, 0) is 0 Å². The number of methoxy groups -OCH3 is 1. The fourth-order valence-electron chi connectivity index (χ4n) is 1.31. The van der Waals surface area contributed by atoms with Crippen molar-refractivity contribution in [3.05, 3.63) is 54.2 Å². The number of pyridine rings is 1. The minimum atomic E-state index is 0.650. The van der Waals surface area contributed by atoms with Gasteiger partial charge < -0.3 is 4.74 Å². The first-order chi connectivity index (χ1) is 8.38. The standard InChI is InChI=1S/C13H13N3O/c1-17-12-7-8-14-13(9-12)16-15-10-11-5-3-2-4-6-11/h2-10H,1H3,(H,14,16)/b15-10+. The van der Waals surface area contributed by atoms with Crippen LogP contribution in [0.1, 0.15) is 5.56 Å². The molecular weight excluding hydrogens is 214 g/mol. The van der Waals surface area contributed by atoms with E-state index in [1.807, 2.05) is 30.3 Å². The average molecular weight is 227 g/mol. The quantitative estimate of drug-likeness (QED) is 0.645. The van der Waals surface area contributed by atoms with E-state index in [0.717, 1.165) is 11.3 Å². The minimum absolute atomic E-state index is 0.650. The van der Waals surface area contributed by atoms with Gasteiger partial charge in [0.2, 0.25) is 0 Å². The van der Waals surface area contributed by atoms with E-state index < -0.39 is 0 Å². The number of hydrazone groups is 1. The number of hydrogen-bond acceptors (Lipinski definition) is 4. The van der Waals surface area contributed by atoms with E-state index in [2.05, 4.69) is 15.5 Å². The highest BCUT2D eigenvalue weighted by atomic mass is 16.5. The Balaban J connectivity index is 2.00. The van der Waals surface area contributed by atoms with Crippen LogP contribution in [-0.4, -0.2) is 18.3 Å². The fourth-order valence-corrected chi connectivity index (χ4v) is 1.31. The molecule has 2 aromatic rings. The Kier molecular flexibility index (Phi) is 3.70. The first-order valence-corrected chi connectivity index (χ1v) is 5.22. The summed E-state index contributed by atoms with van der Waals surface area (Å²) in [5.41, 5.74) is 3.88. The number of aromatic nitrogens is 1. The van der Waals surface area contributed by atoms with Crippen LogP contribution in [0.2, 0.25) is 0 Å². The molecule has 1 N–H and O–H groups in total. The number of rotatable bonds is 4. The Morgan fingerprint density at radius 2 is 2.06 bits per heavy atom. The van der Waals surface area contributed by atoms with Crippen molar-refractivity contribution in [2.75, 3.05) is 12.5 Å². The number of nitrogens with zero attached hydrogens (tertiary/aromatic N) is 2. The van der Waals surface area contributed by atoms with E-state index in [4.69, 9.17) is 4.74 Å². The van der Waals surface area contributed by atoms with E-state index in [9.17, 15) is 0 Å². The van der Waals surface area contributed by atoms with Crippen molar-refractivity contribution in [2.45, 2.75) is 0 Å². The second-order valence-electron chi connectivity index (χ2n) is 3.36. The van der Waals surface area contributed by atoms with Gasteiger partial charge >= 0.3 is 0 Å². The van der Waals surface area contributed by atoms with Gasteiger partial charge in [0.05, 0.1) is 13.3 Å². The van der Waals surface area contributed by atoms with Gasteiger partial charge in [-0.2, -0.15) is 5.10 Å². The van der Waals surface area contributed by atoms with Crippen LogP contribution in [0.4, 0.5) is 5.82 Å². The summed E-state index contributed by atoms with van der Waals surface area (Å²) in [6.45, 7) is 0. The Labute approximate surface area is 100.0 Å². The normalized spacial score (nSPS) is 10.4. The maximum Gasteiger partial charge on any atom is 0.149 e. The summed E-state index contributed by atoms with van der Waals surface area (Å²) in [7, 11) is 1.62. The van der Waals surface area contributed by atoms with Crippen LogP contribution >= 0.6 is 0 Å². The second kappa shape index (κ2) is 5.65. The Bertz CT molecular complexity index is 497. The van der Waals surface area contributed by atoms with Crippen LogP contribution in [0.5, 0.6) is 5.75 Å². The molecule has 0 fully saturated rings. The van der Waals surface area contributed by atoms with Crippen molar-refractivity contribution < 1.29 is 4.74 Å². The molecule has 17 heavy (non-hydrogen) atoms. The lowest BCUT2D eigenvalue weighted by molar-refractivity contribution is 0.414. The molecule has 0 saturated heterocycles. The van der Waals surface area contributed by atoms with Gasteiger partial charge in [-0.3, -0.25) is 5.43 Å². The Morgan fingerprint density at radius 3 is 2.82 bits per heavy atom. The lowest BCUT2D eigenvalue weighted by atomic mass is 10.2. The van der Waals surface area contributed by atoms with Gasteiger partial charge in [-0.05, 0) is 11.6 Å². The number of ether oxygens (including phenoxy) is 1. The molecule has 2 rings (SSSR count). The molecule has 1 aromatic heterocycles. The molecule has 0 amide bonds. The number of benzene rings is 1. The van der Waals surface area contributed by atoms with Gasteiger partial charge in [-0.25, -0.2) is 4.98 Å². The summed E-state index contributed by atoms with van der Waals surface area (Å²) in [6, 6.07) is 13.4. The molecular formula is C13H13N3O. The zero-order valence-corrected chi connectivity index (χ0v) is 9.50. The molecule has 0 aliphatic rings. The van der Waals surface area contributed by atoms with Crippen LogP contribution in [0.25, 0.3) is 0 Å². The molecule has 1 aromatic carbocycles. The highest BCUT2D eigenvalue weighted by Crippen LogP contribution is 2.13. The molecule has 0 bridgehead atoms. The van der Waals surface area contributed by atoms with Gasteiger partial charge in [0.25, 0.3) is 0 Å². The van der Waals surface area contributed by atoms with Crippen molar-refractivity contribution >= 4 is 12.0 Å². The monoisotopic (exact) mass is 227 g/mol. The van der Waals surface area contributed by atoms with E-state index in [1.165, 1.54) is 0 Å². The largest absolute Gasteiger partial charge is 0.497 e. The van der Waals surface area contributed by atoms with Crippen molar-refractivity contribution in [2.24, 2.45) is 5.10 Å². The van der Waals surface area contributed by atoms with Gasteiger partial charge in [0.1, 0.15) is 11.6 Å². The molecule has 0 saturated carbocycles. The van der Waals surface area contributed by atoms with Crippen molar-refractivity contribution in [3.8, 4) is 5.75 Å². The SMILES string of the molecule is COc1ccnc(N/N=C/c2ccccc2)c1. The molecule has 0 unspecified atom stereocenters. The third-order valence-corrected chi connectivity index (χ3v) is 2.16. The molecule has 0 aliphatic carbocycles. The average Bonchev–Trinajstić information content (AvgIpc) is 2.40. The van der Waals surface area contributed by atoms with Gasteiger partial charge in [0.15, 0.2) is 0 Å². The maximum absolute atomic E-state index is 5.09. The Morgan fingerprint density at radius 1 is 1.24 bits per heavy atom. The van der Waals surface area contributed by atoms with Crippen molar-refractivity contribution in [1.29, 1.82) is 0 Å². The number of anilines is 1. The smallest absolute Gasteiger partial charge is 0.149 e. The summed E-state index contributed by atoms with van der Waals surface area (Å²) < 4.78 is 5.09. The van der Waals surface area contributed by atoms with E-state index in [-0.39, 0.29) is 0 Å². The predicted molar refractivity (Wildman–Crippen MR) is 68.4 cm³/mol. The molecule has 0 spiro atoms. The topological polar surface area (TPSA) is 46.5 Å². The fraction of sp³-hybridized carbons (Fsp3) is 0.0769. The molecule has 4 heteroatoms. The lowest BCUT2D eigenvalue weighted by Gasteiger charge is -2.01. The second-order valence-corrected chi connectivity index (χ2v) is 3.36. The highest BCUT2D eigenvalue weighted by Gasteiger charge is 1.94. The predicted octanol–water partition coefficient (Wildman–Crippen LogP) is 2.54. The van der Waals surface area contributed by atoms with E-state index >= 15 is 0 Å². The summed E-state index contributed by atoms with van der Waals surface area (Å²) in [4.78, 5) is 4.11. The van der Waals surface area contributed by atoms with Crippen LogP contribution < -0.4 is 10.2 Å². The van der Waals surface area contributed by atoms with Crippen molar-refractivity contribution in [1.82, 2.24) is 4.98 Å². The molecule has 1 heterocycles. The number of nitrogens with one attached hydrogen (secondary N) is 1. The highest BCUT2D eigenvalue weighted by molar-refractivity contribution is 5.79. The van der Waals surface area contributed by atoms with Gasteiger partial charge in [0, 0.05) is 12.3 Å². The summed E-state index contributed by atoms with van der Waals surface area (Å²) >= 11 is 0. The molecule has 4 nitrogen and oxygen atoms in total. The molecule has 0 atom stereocenters. The number of hydrogen-bond donors (Lipinski definition) is 1. The molecule has 86 valence electrons. The molecule has 0 radical (unpaired) electrons. The van der Waals surface area contributed by atoms with Crippen LogP contribution in [0, 0.1) is 0 Å². The zero-order chi connectivity index (χ0) is 11.9. The zero-order valence-electron chi connectivity index (χ0n) is 9.50. The van der Waals surface area contributed by atoms with E-state index in [0.29, 0.717) is 5.82 Å². The summed E-state index contributed by atoms with van der Waals surface area (Å²) in [5, 5.41) is 4.09. The Hall–Kier alpha value is -2.36. The van der Waals surface area contributed by atoms with E-state index in [1.54, 1.807) is 31.7 Å². The third kappa shape index (κ3) is 3.31. The molecule has 0 aliphatic heterocycles. The van der Waals surface area contributed by atoms with Crippen LogP contribution in [0.15, 0.2) is 53.8 Å². The third-order valence-electron chi connectivity index (χ3n) is 2.16. The summed E-state index contributed by atoms with van der Waals surface area (Å²) in [5.74, 6) is 1.40. The maximum atomic E-state index is 5.09. The lowest BCUT2D eigenvalue weighted by Crippen LogP contribution is -1.94. The minimum Gasteiger partial charge on any atom is -0.497 e. The first kappa shape index (κ1) is 11.1. The first-order valence-electron chi connectivity index (χ1n) is 5.22. The van der Waals surface area contributed by atoms with Gasteiger partial charge in [-0.15, -0.1) is 0 Å². The van der Waals surface area contributed by atoms with Gasteiger partial charge in [-0.1, -0.05) is 30.3 Å².